The minimum absolute atomic E-state index is 0.0659. The predicted octanol–water partition coefficient (Wildman–Crippen LogP) is 4.90. The lowest BCUT2D eigenvalue weighted by atomic mass is 10.2. The summed E-state index contributed by atoms with van der Waals surface area (Å²) in [5.74, 6) is 0.139. The molecule has 4 aromatic rings. The van der Waals surface area contributed by atoms with E-state index in [0.717, 1.165) is 17.1 Å². The van der Waals surface area contributed by atoms with Crippen molar-refractivity contribution in [2.45, 2.75) is 33.5 Å². The van der Waals surface area contributed by atoms with Gasteiger partial charge in [-0.15, -0.1) is 0 Å². The molecule has 0 aliphatic rings. The number of nitrogens with zero attached hydrogens (tertiary/aromatic N) is 2. The Morgan fingerprint density at radius 3 is 2.22 bits per heavy atom. The van der Waals surface area contributed by atoms with E-state index in [0.29, 0.717) is 17.1 Å². The summed E-state index contributed by atoms with van der Waals surface area (Å²) in [4.78, 5) is 23.7. The summed E-state index contributed by atoms with van der Waals surface area (Å²) in [5.41, 5.74) is 6.26. The van der Waals surface area contributed by atoms with Crippen LogP contribution in [0.5, 0.6) is 23.0 Å². The first-order chi connectivity index (χ1) is 19.7. The summed E-state index contributed by atoms with van der Waals surface area (Å²) >= 11 is 0. The summed E-state index contributed by atoms with van der Waals surface area (Å²) in [7, 11) is 2.82. The molecule has 214 valence electrons. The molecule has 0 aliphatic heterocycles. The fourth-order valence-electron chi connectivity index (χ4n) is 4.04. The van der Waals surface area contributed by atoms with Crippen molar-refractivity contribution in [1.29, 1.82) is 0 Å². The van der Waals surface area contributed by atoms with Crippen molar-refractivity contribution in [2.24, 2.45) is 5.10 Å². The van der Waals surface area contributed by atoms with Crippen molar-refractivity contribution in [1.82, 2.24) is 9.99 Å². The first kappa shape index (κ1) is 28.8. The standard InChI is InChI=1S/C30H31N3O8/c1-18-6-7-19(2)33(18)22-8-10-23(11-9-22)39-17-24-12-13-25(41-24)29(34)32-31-16-21-14-26(37-4)28(27(15-21)38-5)40-20(3)30(35)36/h6-16,20H,17H2,1-5H3,(H,32,34)(H,35,36)/b31-16+/t20-/m1/s1. The van der Waals surface area contributed by atoms with Crippen molar-refractivity contribution in [3.8, 4) is 28.7 Å². The Morgan fingerprint density at radius 2 is 1.63 bits per heavy atom. The van der Waals surface area contributed by atoms with Crippen molar-refractivity contribution in [3.63, 3.8) is 0 Å². The van der Waals surface area contributed by atoms with Crippen molar-refractivity contribution >= 4 is 18.1 Å². The number of carbonyl (C=O) groups is 2. The molecule has 0 saturated heterocycles. The monoisotopic (exact) mass is 561 g/mol. The van der Waals surface area contributed by atoms with Gasteiger partial charge >= 0.3 is 11.9 Å². The van der Waals surface area contributed by atoms with Gasteiger partial charge in [-0.05, 0) is 81.4 Å². The van der Waals surface area contributed by atoms with E-state index in [-0.39, 0.29) is 29.6 Å². The summed E-state index contributed by atoms with van der Waals surface area (Å²) < 4.78 is 29.7. The average Bonchev–Trinajstić information content (AvgIpc) is 3.58. The van der Waals surface area contributed by atoms with Crippen LogP contribution in [0.3, 0.4) is 0 Å². The molecule has 4 rings (SSSR count). The summed E-state index contributed by atoms with van der Waals surface area (Å²) in [5, 5.41) is 13.1. The number of nitrogens with one attached hydrogen (secondary N) is 1. The molecule has 2 heterocycles. The molecule has 0 aliphatic carbocycles. The van der Waals surface area contributed by atoms with Gasteiger partial charge in [0.1, 0.15) is 18.1 Å². The molecule has 0 spiro atoms. The summed E-state index contributed by atoms with van der Waals surface area (Å²) in [6.07, 6.45) is 0.255. The van der Waals surface area contributed by atoms with Crippen LogP contribution in [0.15, 0.2) is 70.2 Å². The molecular weight excluding hydrogens is 530 g/mol. The van der Waals surface area contributed by atoms with Crippen LogP contribution in [-0.4, -0.2) is 48.1 Å². The number of aryl methyl sites for hydroxylation is 2. The lowest BCUT2D eigenvalue weighted by molar-refractivity contribution is -0.144. The number of ether oxygens (including phenoxy) is 4. The zero-order valence-electron chi connectivity index (χ0n) is 23.3. The highest BCUT2D eigenvalue weighted by Gasteiger charge is 2.20. The van der Waals surface area contributed by atoms with Gasteiger partial charge in [0.25, 0.3) is 0 Å². The van der Waals surface area contributed by atoms with Crippen LogP contribution in [0.1, 0.15) is 40.2 Å². The third-order valence-corrected chi connectivity index (χ3v) is 6.14. The molecule has 2 N–H and O–H groups in total. The molecule has 0 unspecified atom stereocenters. The number of carboxylic acids is 1. The van der Waals surface area contributed by atoms with Crippen LogP contribution in [0.2, 0.25) is 0 Å². The zero-order valence-corrected chi connectivity index (χ0v) is 23.3. The molecule has 0 saturated carbocycles. The number of aliphatic carboxylic acids is 1. The fourth-order valence-corrected chi connectivity index (χ4v) is 4.04. The largest absolute Gasteiger partial charge is 0.493 e. The fraction of sp³-hybridized carbons (Fsp3) is 0.233. The lowest BCUT2D eigenvalue weighted by Gasteiger charge is -2.17. The highest BCUT2D eigenvalue weighted by Crippen LogP contribution is 2.39. The van der Waals surface area contributed by atoms with Gasteiger partial charge in [-0.1, -0.05) is 0 Å². The molecule has 0 bridgehead atoms. The molecule has 0 fully saturated rings. The second-order valence-corrected chi connectivity index (χ2v) is 9.05. The molecule has 41 heavy (non-hydrogen) atoms. The van der Waals surface area contributed by atoms with E-state index in [1.807, 2.05) is 24.3 Å². The van der Waals surface area contributed by atoms with E-state index in [1.165, 1.54) is 33.4 Å². The first-order valence-corrected chi connectivity index (χ1v) is 12.7. The minimum Gasteiger partial charge on any atom is -0.493 e. The molecule has 2 aromatic carbocycles. The molecule has 2 aromatic heterocycles. The third-order valence-electron chi connectivity index (χ3n) is 6.14. The van der Waals surface area contributed by atoms with Crippen LogP contribution >= 0.6 is 0 Å². The third kappa shape index (κ3) is 6.88. The Kier molecular flexibility index (Phi) is 8.98. The molecule has 11 heteroatoms. The quantitative estimate of drug-likeness (QED) is 0.184. The van der Waals surface area contributed by atoms with Crippen LogP contribution in [0.4, 0.5) is 0 Å². The number of carboxylic acid groups (broad SMARTS) is 1. The average molecular weight is 562 g/mol. The molecule has 1 atom stereocenters. The van der Waals surface area contributed by atoms with E-state index in [9.17, 15) is 9.59 Å². The summed E-state index contributed by atoms with van der Waals surface area (Å²) in [6, 6.07) is 18.2. The number of rotatable bonds is 12. The lowest BCUT2D eigenvalue weighted by Crippen LogP contribution is -2.23. The number of hydrogen-bond acceptors (Lipinski definition) is 8. The van der Waals surface area contributed by atoms with Gasteiger partial charge in [0.2, 0.25) is 5.75 Å². The van der Waals surface area contributed by atoms with Crippen LogP contribution in [-0.2, 0) is 11.4 Å². The zero-order chi connectivity index (χ0) is 29.5. The first-order valence-electron chi connectivity index (χ1n) is 12.7. The van der Waals surface area contributed by atoms with Gasteiger partial charge in [0, 0.05) is 22.6 Å². The second-order valence-electron chi connectivity index (χ2n) is 9.05. The van der Waals surface area contributed by atoms with Crippen molar-refractivity contribution in [3.05, 3.63) is 89.1 Å². The number of amides is 1. The SMILES string of the molecule is COc1cc(/C=N/NC(=O)c2ccc(COc3ccc(-n4c(C)ccc4C)cc3)o2)cc(OC)c1O[C@H](C)C(=O)O. The second kappa shape index (κ2) is 12.8. The number of furan rings is 1. The summed E-state index contributed by atoms with van der Waals surface area (Å²) in [6.45, 7) is 5.65. The Balaban J connectivity index is 1.34. The topological polar surface area (TPSA) is 134 Å². The van der Waals surface area contributed by atoms with Gasteiger partial charge in [0.15, 0.2) is 23.4 Å². The van der Waals surface area contributed by atoms with Gasteiger partial charge in [0.05, 0.1) is 20.4 Å². The minimum atomic E-state index is -1.14. The van der Waals surface area contributed by atoms with Crippen LogP contribution in [0, 0.1) is 13.8 Å². The van der Waals surface area contributed by atoms with Crippen LogP contribution < -0.4 is 24.4 Å². The normalized spacial score (nSPS) is 11.7. The van der Waals surface area contributed by atoms with E-state index < -0.39 is 18.0 Å². The van der Waals surface area contributed by atoms with Gasteiger partial charge in [-0.3, -0.25) is 4.79 Å². The van der Waals surface area contributed by atoms with Crippen LogP contribution in [0.25, 0.3) is 5.69 Å². The maximum atomic E-state index is 12.5. The highest BCUT2D eigenvalue weighted by molar-refractivity contribution is 5.92. The van der Waals surface area contributed by atoms with E-state index in [1.54, 1.807) is 18.2 Å². The molecule has 1 amide bonds. The van der Waals surface area contributed by atoms with Gasteiger partial charge in [-0.2, -0.15) is 5.10 Å². The Labute approximate surface area is 236 Å². The number of hydrazone groups is 1. The van der Waals surface area contributed by atoms with E-state index >= 15 is 0 Å². The number of methoxy groups -OCH3 is 2. The maximum Gasteiger partial charge on any atom is 0.344 e. The van der Waals surface area contributed by atoms with Crippen molar-refractivity contribution < 1.29 is 38.1 Å². The Bertz CT molecular complexity index is 1510. The predicted molar refractivity (Wildman–Crippen MR) is 151 cm³/mol. The van der Waals surface area contributed by atoms with Gasteiger partial charge < -0.3 is 33.0 Å². The maximum absolute atomic E-state index is 12.5. The number of hydrogen-bond donors (Lipinski definition) is 2. The number of benzene rings is 2. The smallest absolute Gasteiger partial charge is 0.344 e. The number of carbonyl (C=O) groups excluding carboxylic acids is 1. The Hall–Kier alpha value is -5.19. The highest BCUT2D eigenvalue weighted by atomic mass is 16.6. The van der Waals surface area contributed by atoms with Gasteiger partial charge in [-0.25, -0.2) is 10.2 Å². The number of aromatic nitrogens is 1. The molecular formula is C30H31N3O8. The molecule has 0 radical (unpaired) electrons. The van der Waals surface area contributed by atoms with E-state index in [2.05, 4.69) is 41.1 Å². The Morgan fingerprint density at radius 1 is 1.00 bits per heavy atom. The molecule has 11 nitrogen and oxygen atoms in total. The van der Waals surface area contributed by atoms with Crippen molar-refractivity contribution in [2.75, 3.05) is 14.2 Å². The van der Waals surface area contributed by atoms with E-state index in [4.69, 9.17) is 28.5 Å².